The summed E-state index contributed by atoms with van der Waals surface area (Å²) in [4.78, 5) is 18.4. The van der Waals surface area contributed by atoms with Crippen molar-refractivity contribution in [3.63, 3.8) is 0 Å². The molecule has 3 rings (SSSR count). The molecule has 142 valence electrons. The van der Waals surface area contributed by atoms with Crippen molar-refractivity contribution < 1.29 is 9.90 Å². The van der Waals surface area contributed by atoms with Crippen LogP contribution >= 0.6 is 11.8 Å². The number of aliphatic hydroxyl groups is 1. The van der Waals surface area contributed by atoms with Crippen LogP contribution in [0.15, 0.2) is 47.4 Å². The number of hydrogen-bond donors (Lipinski definition) is 2. The summed E-state index contributed by atoms with van der Waals surface area (Å²) < 4.78 is 2.11. The van der Waals surface area contributed by atoms with Gasteiger partial charge in [-0.3, -0.25) is 4.79 Å². The maximum Gasteiger partial charge on any atom is 0.251 e. The molecule has 27 heavy (non-hydrogen) atoms. The number of aliphatic hydroxyl groups excluding tert-OH is 1. The molecule has 0 saturated carbocycles. The number of benzene rings is 2. The highest BCUT2D eigenvalue weighted by atomic mass is 32.2. The van der Waals surface area contributed by atoms with Crippen molar-refractivity contribution in [2.45, 2.75) is 38.3 Å². The fraction of sp³-hybridized carbons (Fsp3) is 0.333. The zero-order chi connectivity index (χ0) is 19.4. The topological polar surface area (TPSA) is 67.2 Å². The van der Waals surface area contributed by atoms with Gasteiger partial charge in [0.2, 0.25) is 0 Å². The van der Waals surface area contributed by atoms with Gasteiger partial charge in [-0.05, 0) is 55.5 Å². The van der Waals surface area contributed by atoms with Crippen LogP contribution < -0.4 is 5.32 Å². The maximum absolute atomic E-state index is 12.7. The van der Waals surface area contributed by atoms with Crippen molar-refractivity contribution in [2.75, 3.05) is 12.4 Å². The Bertz CT molecular complexity index is 934. The van der Waals surface area contributed by atoms with Crippen molar-refractivity contribution in [3.8, 4) is 0 Å². The number of fused-ring (bicyclic) bond motifs is 1. The van der Waals surface area contributed by atoms with E-state index in [1.54, 1.807) is 23.9 Å². The highest BCUT2D eigenvalue weighted by molar-refractivity contribution is 7.99. The van der Waals surface area contributed by atoms with Crippen molar-refractivity contribution in [1.82, 2.24) is 14.9 Å². The smallest absolute Gasteiger partial charge is 0.251 e. The van der Waals surface area contributed by atoms with Crippen LogP contribution in [-0.2, 0) is 6.54 Å². The van der Waals surface area contributed by atoms with Gasteiger partial charge in [0.1, 0.15) is 5.82 Å². The number of carbonyl (C=O) groups is 1. The molecule has 1 heterocycles. The van der Waals surface area contributed by atoms with Gasteiger partial charge in [0, 0.05) is 17.0 Å². The number of nitrogens with one attached hydrogen (secondary N) is 1. The fourth-order valence-electron chi connectivity index (χ4n) is 3.23. The minimum absolute atomic E-state index is 0.155. The summed E-state index contributed by atoms with van der Waals surface area (Å²) in [6.45, 7) is 6.83. The lowest BCUT2D eigenvalue weighted by atomic mass is 10.1. The molecule has 1 aromatic heterocycles. The van der Waals surface area contributed by atoms with Crippen molar-refractivity contribution >= 4 is 28.7 Å². The first kappa shape index (κ1) is 19.5. The second kappa shape index (κ2) is 8.59. The highest BCUT2D eigenvalue weighted by Gasteiger charge is 2.16. The van der Waals surface area contributed by atoms with E-state index in [1.807, 2.05) is 37.3 Å². The average molecular weight is 384 g/mol. The number of amides is 1. The summed E-state index contributed by atoms with van der Waals surface area (Å²) in [5, 5.41) is 12.7. The molecular weight excluding hydrogens is 358 g/mol. The molecule has 0 radical (unpaired) electrons. The maximum atomic E-state index is 12.7. The van der Waals surface area contributed by atoms with Crippen LogP contribution in [0, 0.1) is 6.92 Å². The van der Waals surface area contributed by atoms with E-state index < -0.39 is 6.04 Å². The summed E-state index contributed by atoms with van der Waals surface area (Å²) in [5.41, 5.74) is 3.26. The normalized spacial score (nSPS) is 12.3. The van der Waals surface area contributed by atoms with E-state index in [-0.39, 0.29) is 12.5 Å². The van der Waals surface area contributed by atoms with Gasteiger partial charge in [-0.1, -0.05) is 19.1 Å². The minimum Gasteiger partial charge on any atom is -0.394 e. The molecule has 2 aromatic carbocycles. The second-order valence-electron chi connectivity index (χ2n) is 6.32. The van der Waals surface area contributed by atoms with Crippen LogP contribution in [0.25, 0.3) is 11.0 Å². The average Bonchev–Trinajstić information content (AvgIpc) is 3.00. The molecule has 0 saturated heterocycles. The third-order valence-electron chi connectivity index (χ3n) is 4.60. The van der Waals surface area contributed by atoms with Gasteiger partial charge < -0.3 is 15.0 Å². The number of aromatic nitrogens is 2. The standard InChI is InChI=1S/C21H25N3O2S/c1-4-24-14(3)22-18-12-16(8-11-20(18)24)21(26)23-19(13-25)15-6-9-17(10-7-15)27-5-2/h6-12,19,25H,4-5,13H2,1-3H3,(H,23,26). The quantitative estimate of drug-likeness (QED) is 0.607. The van der Waals surface area contributed by atoms with Gasteiger partial charge in [0.05, 0.1) is 23.7 Å². The number of aryl methyl sites for hydroxylation is 2. The van der Waals surface area contributed by atoms with E-state index in [2.05, 4.69) is 28.7 Å². The van der Waals surface area contributed by atoms with Crippen LogP contribution in [0.1, 0.15) is 41.6 Å². The third kappa shape index (κ3) is 4.17. The summed E-state index contributed by atoms with van der Waals surface area (Å²) >= 11 is 1.76. The van der Waals surface area contributed by atoms with Crippen LogP contribution in [0.4, 0.5) is 0 Å². The van der Waals surface area contributed by atoms with Crippen molar-refractivity contribution in [3.05, 3.63) is 59.4 Å². The minimum atomic E-state index is -0.441. The van der Waals surface area contributed by atoms with Crippen LogP contribution in [0.5, 0.6) is 0 Å². The molecule has 1 atom stereocenters. The Kier molecular flexibility index (Phi) is 6.19. The molecule has 0 spiro atoms. The third-order valence-corrected chi connectivity index (χ3v) is 5.49. The lowest BCUT2D eigenvalue weighted by Gasteiger charge is -2.17. The molecule has 1 unspecified atom stereocenters. The lowest BCUT2D eigenvalue weighted by Crippen LogP contribution is -2.30. The van der Waals surface area contributed by atoms with Gasteiger partial charge in [0.25, 0.3) is 5.91 Å². The van der Waals surface area contributed by atoms with Gasteiger partial charge in [-0.2, -0.15) is 0 Å². The van der Waals surface area contributed by atoms with E-state index >= 15 is 0 Å². The van der Waals surface area contributed by atoms with E-state index in [1.165, 1.54) is 4.90 Å². The zero-order valence-corrected chi connectivity index (χ0v) is 16.7. The number of rotatable bonds is 7. The van der Waals surface area contributed by atoms with Gasteiger partial charge >= 0.3 is 0 Å². The Labute approximate surface area is 163 Å². The molecular formula is C21H25N3O2S. The predicted octanol–water partition coefficient (Wildman–Crippen LogP) is 3.94. The molecule has 0 fully saturated rings. The number of thioether (sulfide) groups is 1. The van der Waals surface area contributed by atoms with Gasteiger partial charge in [-0.15, -0.1) is 11.8 Å². The SMILES string of the molecule is CCSc1ccc(C(CO)NC(=O)c2ccc3c(c2)nc(C)n3CC)cc1. The summed E-state index contributed by atoms with van der Waals surface area (Å²) in [5.74, 6) is 1.73. The summed E-state index contributed by atoms with van der Waals surface area (Å²) in [6.07, 6.45) is 0. The monoisotopic (exact) mass is 383 g/mol. The summed E-state index contributed by atoms with van der Waals surface area (Å²) in [6, 6.07) is 13.0. The zero-order valence-electron chi connectivity index (χ0n) is 15.9. The van der Waals surface area contributed by atoms with E-state index in [0.29, 0.717) is 5.56 Å². The predicted molar refractivity (Wildman–Crippen MR) is 110 cm³/mol. The Hall–Kier alpha value is -2.31. The molecule has 0 aliphatic heterocycles. The number of nitrogens with zero attached hydrogens (tertiary/aromatic N) is 2. The fourth-order valence-corrected chi connectivity index (χ4v) is 3.89. The highest BCUT2D eigenvalue weighted by Crippen LogP contribution is 2.22. The van der Waals surface area contributed by atoms with Gasteiger partial charge in [-0.25, -0.2) is 4.98 Å². The molecule has 3 aromatic rings. The Morgan fingerprint density at radius 1 is 1.22 bits per heavy atom. The Morgan fingerprint density at radius 2 is 1.96 bits per heavy atom. The molecule has 0 bridgehead atoms. The number of carbonyl (C=O) groups excluding carboxylic acids is 1. The second-order valence-corrected chi connectivity index (χ2v) is 7.65. The first-order chi connectivity index (χ1) is 13.1. The Balaban J connectivity index is 1.79. The largest absolute Gasteiger partial charge is 0.394 e. The van der Waals surface area contributed by atoms with Crippen LogP contribution in [-0.4, -0.2) is 32.9 Å². The molecule has 6 heteroatoms. The number of hydrogen-bond acceptors (Lipinski definition) is 4. The molecule has 2 N–H and O–H groups in total. The van der Waals surface area contributed by atoms with Gasteiger partial charge in [0.15, 0.2) is 0 Å². The summed E-state index contributed by atoms with van der Waals surface area (Å²) in [7, 11) is 0. The van der Waals surface area contributed by atoms with Crippen molar-refractivity contribution in [2.24, 2.45) is 0 Å². The van der Waals surface area contributed by atoms with Crippen molar-refractivity contribution in [1.29, 1.82) is 0 Å². The molecule has 5 nitrogen and oxygen atoms in total. The molecule has 0 aliphatic carbocycles. The first-order valence-corrected chi connectivity index (χ1v) is 10.2. The molecule has 0 aliphatic rings. The van der Waals surface area contributed by atoms with Crippen LogP contribution in [0.2, 0.25) is 0 Å². The van der Waals surface area contributed by atoms with Crippen LogP contribution in [0.3, 0.4) is 0 Å². The Morgan fingerprint density at radius 3 is 2.59 bits per heavy atom. The number of imidazole rings is 1. The van der Waals surface area contributed by atoms with E-state index in [9.17, 15) is 9.90 Å². The lowest BCUT2D eigenvalue weighted by molar-refractivity contribution is 0.0916. The van der Waals surface area contributed by atoms with E-state index in [4.69, 9.17) is 0 Å². The first-order valence-electron chi connectivity index (χ1n) is 9.18. The van der Waals surface area contributed by atoms with E-state index in [0.717, 1.165) is 34.7 Å². The molecule has 1 amide bonds.